The van der Waals surface area contributed by atoms with Gasteiger partial charge in [0, 0.05) is 45.0 Å². The third-order valence-electron chi connectivity index (χ3n) is 6.86. The third kappa shape index (κ3) is 5.48. The fraction of sp³-hybridized carbons (Fsp3) is 0.321. The quantitative estimate of drug-likeness (QED) is 0.282. The standard InChI is InChI=1S/C28H32FN9O3/c1-6-23(39)31-19-16-20(26(41-5)34-25(19)36(4)13-12-35(2)3)32-27-30-10-9-22(33-27)38-21-15-18(29)14-17-8-7-11-37(24(17)21)28(38)40/h6,9-10,14-16H,1,7-8,11-13H2,2-5H3,(H,31,39)(H,30,32,33). The number of hydrogen-bond acceptors (Lipinski definition) is 9. The predicted molar refractivity (Wildman–Crippen MR) is 156 cm³/mol. The van der Waals surface area contributed by atoms with Crippen molar-refractivity contribution in [1.82, 2.24) is 29.0 Å². The van der Waals surface area contributed by atoms with E-state index in [1.165, 1.54) is 36.1 Å². The predicted octanol–water partition coefficient (Wildman–Crippen LogP) is 2.94. The second kappa shape index (κ2) is 11.4. The van der Waals surface area contributed by atoms with Gasteiger partial charge in [-0.1, -0.05) is 6.58 Å². The molecule has 12 nitrogen and oxygen atoms in total. The number of carbonyl (C=O) groups excluding carboxylic acids is 1. The number of imidazole rings is 1. The Kier molecular flexibility index (Phi) is 7.70. The van der Waals surface area contributed by atoms with Crippen LogP contribution < -0.4 is 26.0 Å². The van der Waals surface area contributed by atoms with Gasteiger partial charge in [0.2, 0.25) is 17.7 Å². The summed E-state index contributed by atoms with van der Waals surface area (Å²) in [5.74, 6) is 0.366. The second-order valence-electron chi connectivity index (χ2n) is 10.0. The van der Waals surface area contributed by atoms with Crippen molar-refractivity contribution in [3.05, 3.63) is 65.0 Å². The molecule has 0 fully saturated rings. The number of benzene rings is 1. The summed E-state index contributed by atoms with van der Waals surface area (Å²) in [6.07, 6.45) is 4.13. The molecular weight excluding hydrogens is 529 g/mol. The van der Waals surface area contributed by atoms with E-state index < -0.39 is 11.7 Å². The molecule has 214 valence electrons. The van der Waals surface area contributed by atoms with E-state index >= 15 is 0 Å². The lowest BCUT2D eigenvalue weighted by Crippen LogP contribution is -2.30. The minimum Gasteiger partial charge on any atom is -0.479 e. The van der Waals surface area contributed by atoms with Crippen LogP contribution >= 0.6 is 0 Å². The lowest BCUT2D eigenvalue weighted by molar-refractivity contribution is -0.111. The highest BCUT2D eigenvalue weighted by Gasteiger charge is 2.23. The first kappa shape index (κ1) is 27.8. The van der Waals surface area contributed by atoms with Gasteiger partial charge in [-0.15, -0.1) is 0 Å². The van der Waals surface area contributed by atoms with Crippen molar-refractivity contribution >= 4 is 40.1 Å². The van der Waals surface area contributed by atoms with Gasteiger partial charge >= 0.3 is 5.69 Å². The SMILES string of the molecule is C=CC(=O)Nc1cc(Nc2nccc(-n3c(=O)n4c5c(cc(F)cc53)CCC4)n2)c(OC)nc1N(C)CCN(C)C. The fourth-order valence-electron chi connectivity index (χ4n) is 4.90. The van der Waals surface area contributed by atoms with E-state index in [1.807, 2.05) is 30.9 Å². The first-order valence-corrected chi connectivity index (χ1v) is 13.1. The van der Waals surface area contributed by atoms with Crippen LogP contribution in [0.2, 0.25) is 0 Å². The van der Waals surface area contributed by atoms with E-state index in [0.717, 1.165) is 24.0 Å². The van der Waals surface area contributed by atoms with E-state index in [-0.39, 0.29) is 23.3 Å². The van der Waals surface area contributed by atoms with Crippen LogP contribution in [-0.2, 0) is 17.8 Å². The molecule has 1 amide bonds. The van der Waals surface area contributed by atoms with E-state index in [1.54, 1.807) is 16.7 Å². The van der Waals surface area contributed by atoms with Gasteiger partial charge in [0.25, 0.3) is 0 Å². The van der Waals surface area contributed by atoms with Crippen molar-refractivity contribution in [2.75, 3.05) is 56.9 Å². The molecule has 5 rings (SSSR count). The number of aryl methyl sites for hydroxylation is 2. The van der Waals surface area contributed by atoms with Crippen LogP contribution in [0.3, 0.4) is 0 Å². The first-order chi connectivity index (χ1) is 19.7. The van der Waals surface area contributed by atoms with Crippen LogP contribution in [0.5, 0.6) is 5.88 Å². The molecule has 41 heavy (non-hydrogen) atoms. The van der Waals surface area contributed by atoms with Crippen molar-refractivity contribution < 1.29 is 13.9 Å². The monoisotopic (exact) mass is 561 g/mol. The molecule has 0 aliphatic carbocycles. The zero-order valence-electron chi connectivity index (χ0n) is 23.4. The van der Waals surface area contributed by atoms with Gasteiger partial charge in [0.1, 0.15) is 17.3 Å². The van der Waals surface area contributed by atoms with Gasteiger partial charge in [-0.25, -0.2) is 18.7 Å². The molecule has 0 bridgehead atoms. The van der Waals surface area contributed by atoms with Crippen LogP contribution in [0.4, 0.5) is 27.5 Å². The summed E-state index contributed by atoms with van der Waals surface area (Å²) in [7, 11) is 7.29. The number of halogens is 1. The lowest BCUT2D eigenvalue weighted by atomic mass is 10.0. The Morgan fingerprint density at radius 2 is 2.00 bits per heavy atom. The average molecular weight is 562 g/mol. The maximum Gasteiger partial charge on any atom is 0.334 e. The van der Waals surface area contributed by atoms with Gasteiger partial charge < -0.3 is 25.2 Å². The summed E-state index contributed by atoms with van der Waals surface area (Å²) < 4.78 is 23.1. The van der Waals surface area contributed by atoms with Gasteiger partial charge in [-0.2, -0.15) is 9.97 Å². The van der Waals surface area contributed by atoms with E-state index in [0.29, 0.717) is 42.2 Å². The summed E-state index contributed by atoms with van der Waals surface area (Å²) in [6, 6.07) is 6.10. The largest absolute Gasteiger partial charge is 0.479 e. The highest BCUT2D eigenvalue weighted by atomic mass is 19.1. The number of rotatable bonds is 10. The van der Waals surface area contributed by atoms with Crippen molar-refractivity contribution in [2.24, 2.45) is 0 Å². The molecule has 4 heterocycles. The molecular formula is C28H32FN9O3. The molecule has 0 radical (unpaired) electrons. The lowest BCUT2D eigenvalue weighted by Gasteiger charge is -2.24. The molecule has 1 aliphatic rings. The number of methoxy groups -OCH3 is 1. The number of pyridine rings is 1. The number of carbonyl (C=O) groups is 1. The third-order valence-corrected chi connectivity index (χ3v) is 6.86. The number of ether oxygens (including phenoxy) is 1. The number of hydrogen-bond donors (Lipinski definition) is 2. The molecule has 2 N–H and O–H groups in total. The van der Waals surface area contributed by atoms with Gasteiger partial charge in [0.05, 0.1) is 23.8 Å². The molecule has 3 aromatic heterocycles. The number of likely N-dealkylation sites (N-methyl/N-ethyl adjacent to an activating group) is 2. The van der Waals surface area contributed by atoms with Crippen LogP contribution in [0.1, 0.15) is 12.0 Å². The zero-order valence-corrected chi connectivity index (χ0v) is 23.4. The number of anilines is 4. The highest BCUT2D eigenvalue weighted by Crippen LogP contribution is 2.35. The zero-order chi connectivity index (χ0) is 29.3. The van der Waals surface area contributed by atoms with Crippen molar-refractivity contribution in [1.29, 1.82) is 0 Å². The maximum atomic E-state index is 14.5. The molecule has 1 aromatic carbocycles. The van der Waals surface area contributed by atoms with E-state index in [4.69, 9.17) is 4.74 Å². The minimum atomic E-state index is -0.409. The summed E-state index contributed by atoms with van der Waals surface area (Å²) in [6.45, 7) is 5.49. The van der Waals surface area contributed by atoms with Crippen LogP contribution in [0.25, 0.3) is 16.9 Å². The smallest absolute Gasteiger partial charge is 0.334 e. The Hall–Kier alpha value is -4.78. The summed E-state index contributed by atoms with van der Waals surface area (Å²) in [4.78, 5) is 43.1. The average Bonchev–Trinajstić information content (AvgIpc) is 3.23. The summed E-state index contributed by atoms with van der Waals surface area (Å²) in [5.41, 5.74) is 2.49. The van der Waals surface area contributed by atoms with Gasteiger partial charge in [-0.3, -0.25) is 9.36 Å². The van der Waals surface area contributed by atoms with Gasteiger partial charge in [-0.05, 0) is 50.7 Å². The highest BCUT2D eigenvalue weighted by molar-refractivity contribution is 6.01. The van der Waals surface area contributed by atoms with Crippen LogP contribution in [-0.4, -0.2) is 76.2 Å². The van der Waals surface area contributed by atoms with Crippen molar-refractivity contribution in [2.45, 2.75) is 19.4 Å². The number of amides is 1. The Morgan fingerprint density at radius 3 is 2.73 bits per heavy atom. The molecule has 0 saturated heterocycles. The van der Waals surface area contributed by atoms with Gasteiger partial charge in [0.15, 0.2) is 5.82 Å². The minimum absolute atomic E-state index is 0.150. The molecule has 0 spiro atoms. The van der Waals surface area contributed by atoms with Crippen LogP contribution in [0.15, 0.2) is 47.9 Å². The number of nitrogens with zero attached hydrogens (tertiary/aromatic N) is 7. The maximum absolute atomic E-state index is 14.5. The number of nitrogens with one attached hydrogen (secondary N) is 2. The first-order valence-electron chi connectivity index (χ1n) is 13.1. The normalized spacial score (nSPS) is 12.4. The molecule has 1 aliphatic heterocycles. The summed E-state index contributed by atoms with van der Waals surface area (Å²) >= 11 is 0. The van der Waals surface area contributed by atoms with Crippen molar-refractivity contribution in [3.8, 4) is 11.7 Å². The fourth-order valence-corrected chi connectivity index (χ4v) is 4.90. The molecule has 4 aromatic rings. The summed E-state index contributed by atoms with van der Waals surface area (Å²) in [5, 5.41) is 5.90. The Bertz CT molecular complexity index is 1700. The Balaban J connectivity index is 1.55. The van der Waals surface area contributed by atoms with Crippen LogP contribution in [0, 0.1) is 5.82 Å². The topological polar surface area (TPSA) is 122 Å². The molecule has 0 saturated carbocycles. The Morgan fingerprint density at radius 1 is 1.20 bits per heavy atom. The molecule has 0 atom stereocenters. The van der Waals surface area contributed by atoms with E-state index in [9.17, 15) is 14.0 Å². The molecule has 13 heteroatoms. The number of aromatic nitrogens is 5. The Labute approximate surface area is 236 Å². The van der Waals surface area contributed by atoms with Crippen molar-refractivity contribution in [3.63, 3.8) is 0 Å². The molecule has 0 unspecified atom stereocenters. The van der Waals surface area contributed by atoms with E-state index in [2.05, 4.69) is 32.2 Å². The second-order valence-corrected chi connectivity index (χ2v) is 10.0.